The van der Waals surface area contributed by atoms with Gasteiger partial charge in [0.15, 0.2) is 0 Å². The topological polar surface area (TPSA) is 54.0 Å². The minimum atomic E-state index is -4.42. The fourth-order valence-corrected chi connectivity index (χ4v) is 2.63. The lowest BCUT2D eigenvalue weighted by Gasteiger charge is -2.11. The molecule has 4 nitrogen and oxygen atoms in total. The molecule has 0 unspecified atom stereocenters. The summed E-state index contributed by atoms with van der Waals surface area (Å²) in [7, 11) is 0. The Morgan fingerprint density at radius 1 is 0.929 bits per heavy atom. The first-order valence-electron chi connectivity index (χ1n) is 8.64. The van der Waals surface area contributed by atoms with Crippen molar-refractivity contribution in [2.75, 3.05) is 11.9 Å². The predicted molar refractivity (Wildman–Crippen MR) is 101 cm³/mol. The summed E-state index contributed by atoms with van der Waals surface area (Å²) in [5, 5.41) is 5.66. The first kappa shape index (κ1) is 19.4. The second-order valence-electron chi connectivity index (χ2n) is 6.12. The maximum Gasteiger partial charge on any atom is 0.416 e. The van der Waals surface area contributed by atoms with Gasteiger partial charge in [0, 0.05) is 24.1 Å². The van der Waals surface area contributed by atoms with Crippen molar-refractivity contribution in [3.8, 4) is 0 Å². The molecule has 0 atom stereocenters. The highest BCUT2D eigenvalue weighted by Crippen LogP contribution is 2.31. The second kappa shape index (κ2) is 8.56. The molecule has 28 heavy (non-hydrogen) atoms. The Balaban J connectivity index is 1.63. The number of pyridine rings is 1. The van der Waals surface area contributed by atoms with Crippen molar-refractivity contribution < 1.29 is 18.0 Å². The number of alkyl halides is 3. The summed E-state index contributed by atoms with van der Waals surface area (Å²) in [5.41, 5.74) is 1.30. The van der Waals surface area contributed by atoms with Crippen LogP contribution in [0.2, 0.25) is 0 Å². The molecule has 1 amide bonds. The Bertz CT molecular complexity index is 943. The molecule has 2 aromatic carbocycles. The molecule has 7 heteroatoms. The van der Waals surface area contributed by atoms with Crippen molar-refractivity contribution >= 4 is 17.3 Å². The fourth-order valence-electron chi connectivity index (χ4n) is 2.63. The van der Waals surface area contributed by atoms with Crippen molar-refractivity contribution in [2.24, 2.45) is 0 Å². The van der Waals surface area contributed by atoms with E-state index in [0.29, 0.717) is 18.7 Å². The van der Waals surface area contributed by atoms with Crippen molar-refractivity contribution in [2.45, 2.75) is 12.6 Å². The molecule has 144 valence electrons. The van der Waals surface area contributed by atoms with Crippen LogP contribution in [0.4, 0.5) is 24.5 Å². The smallest absolute Gasteiger partial charge is 0.355 e. The van der Waals surface area contributed by atoms with Gasteiger partial charge in [-0.2, -0.15) is 13.2 Å². The van der Waals surface area contributed by atoms with Gasteiger partial charge in [-0.25, -0.2) is 0 Å². The Morgan fingerprint density at radius 2 is 1.68 bits per heavy atom. The summed E-state index contributed by atoms with van der Waals surface area (Å²) < 4.78 is 38.5. The van der Waals surface area contributed by atoms with Crippen LogP contribution < -0.4 is 10.6 Å². The van der Waals surface area contributed by atoms with Gasteiger partial charge in [-0.15, -0.1) is 0 Å². The SMILES string of the molecule is O=C(NCCc1ccccc1)c1cc(Nc2cccc(C(F)(F)F)c2)ccn1. The van der Waals surface area contributed by atoms with E-state index in [4.69, 9.17) is 0 Å². The van der Waals surface area contributed by atoms with E-state index < -0.39 is 11.7 Å². The molecular weight excluding hydrogens is 367 g/mol. The minimum Gasteiger partial charge on any atom is -0.355 e. The minimum absolute atomic E-state index is 0.185. The number of carbonyl (C=O) groups excluding carboxylic acids is 1. The van der Waals surface area contributed by atoms with Crippen molar-refractivity contribution in [1.82, 2.24) is 10.3 Å². The lowest BCUT2D eigenvalue weighted by atomic mass is 10.1. The van der Waals surface area contributed by atoms with E-state index in [-0.39, 0.29) is 17.3 Å². The highest BCUT2D eigenvalue weighted by Gasteiger charge is 2.30. The van der Waals surface area contributed by atoms with Gasteiger partial charge in [0.2, 0.25) is 0 Å². The zero-order chi connectivity index (χ0) is 20.0. The van der Waals surface area contributed by atoms with E-state index in [1.54, 1.807) is 6.07 Å². The summed E-state index contributed by atoms with van der Waals surface area (Å²) in [6.07, 6.45) is -2.30. The molecular formula is C21H18F3N3O. The average molecular weight is 385 g/mol. The first-order valence-corrected chi connectivity index (χ1v) is 8.64. The number of anilines is 2. The van der Waals surface area contributed by atoms with E-state index >= 15 is 0 Å². The second-order valence-corrected chi connectivity index (χ2v) is 6.12. The Labute approximate surface area is 160 Å². The molecule has 0 aliphatic carbocycles. The Morgan fingerprint density at radius 3 is 2.43 bits per heavy atom. The van der Waals surface area contributed by atoms with Crippen LogP contribution in [-0.2, 0) is 12.6 Å². The predicted octanol–water partition coefficient (Wildman–Crippen LogP) is 4.82. The molecule has 0 aliphatic rings. The van der Waals surface area contributed by atoms with Crippen LogP contribution in [0.3, 0.4) is 0 Å². The molecule has 3 rings (SSSR count). The van der Waals surface area contributed by atoms with Crippen LogP contribution in [0.25, 0.3) is 0 Å². The number of nitrogens with zero attached hydrogens (tertiary/aromatic N) is 1. The molecule has 2 N–H and O–H groups in total. The molecule has 3 aromatic rings. The number of carbonyl (C=O) groups is 1. The third-order valence-corrected chi connectivity index (χ3v) is 4.01. The summed E-state index contributed by atoms with van der Waals surface area (Å²) in [4.78, 5) is 16.3. The largest absolute Gasteiger partial charge is 0.416 e. The van der Waals surface area contributed by atoms with Crippen LogP contribution in [0.1, 0.15) is 21.6 Å². The van der Waals surface area contributed by atoms with Gasteiger partial charge in [0.25, 0.3) is 5.91 Å². The Hall–Kier alpha value is -3.35. The van der Waals surface area contributed by atoms with Gasteiger partial charge < -0.3 is 10.6 Å². The summed E-state index contributed by atoms with van der Waals surface area (Å²) >= 11 is 0. The monoisotopic (exact) mass is 385 g/mol. The third kappa shape index (κ3) is 5.33. The molecule has 0 saturated carbocycles. The molecule has 0 spiro atoms. The van der Waals surface area contributed by atoms with Crippen LogP contribution in [0.5, 0.6) is 0 Å². The van der Waals surface area contributed by atoms with Crippen LogP contribution in [0.15, 0.2) is 72.9 Å². The summed E-state index contributed by atoms with van der Waals surface area (Å²) in [6.45, 7) is 0.454. The maximum absolute atomic E-state index is 12.8. The molecule has 0 radical (unpaired) electrons. The molecule has 1 heterocycles. The van der Waals surface area contributed by atoms with Crippen LogP contribution in [0, 0.1) is 0 Å². The lowest BCUT2D eigenvalue weighted by Crippen LogP contribution is -2.26. The van der Waals surface area contributed by atoms with Gasteiger partial charge in [0.1, 0.15) is 5.69 Å². The number of nitrogens with one attached hydrogen (secondary N) is 2. The normalized spacial score (nSPS) is 11.1. The van der Waals surface area contributed by atoms with E-state index in [1.165, 1.54) is 24.4 Å². The van der Waals surface area contributed by atoms with Crippen LogP contribution in [-0.4, -0.2) is 17.4 Å². The number of amides is 1. The van der Waals surface area contributed by atoms with Gasteiger partial charge in [-0.05, 0) is 42.3 Å². The van der Waals surface area contributed by atoms with Crippen LogP contribution >= 0.6 is 0 Å². The number of benzene rings is 2. The zero-order valence-electron chi connectivity index (χ0n) is 14.8. The van der Waals surface area contributed by atoms with Crippen molar-refractivity contribution in [3.63, 3.8) is 0 Å². The van der Waals surface area contributed by atoms with Gasteiger partial charge in [-0.1, -0.05) is 36.4 Å². The quantitative estimate of drug-likeness (QED) is 0.640. The first-order chi connectivity index (χ1) is 13.4. The summed E-state index contributed by atoms with van der Waals surface area (Å²) in [6, 6.07) is 17.7. The number of rotatable bonds is 6. The maximum atomic E-state index is 12.8. The van der Waals surface area contributed by atoms with Gasteiger partial charge in [0.05, 0.1) is 5.56 Å². The van der Waals surface area contributed by atoms with E-state index in [1.807, 2.05) is 30.3 Å². The highest BCUT2D eigenvalue weighted by molar-refractivity contribution is 5.93. The fraction of sp³-hybridized carbons (Fsp3) is 0.143. The molecule has 0 saturated heterocycles. The van der Waals surface area contributed by atoms with E-state index in [2.05, 4.69) is 15.6 Å². The number of hydrogen-bond acceptors (Lipinski definition) is 3. The molecule has 0 fully saturated rings. The van der Waals surface area contributed by atoms with E-state index in [9.17, 15) is 18.0 Å². The van der Waals surface area contributed by atoms with Crippen molar-refractivity contribution in [1.29, 1.82) is 0 Å². The summed E-state index contributed by atoms with van der Waals surface area (Å²) in [5.74, 6) is -0.344. The molecule has 0 aliphatic heterocycles. The number of halogens is 3. The highest BCUT2D eigenvalue weighted by atomic mass is 19.4. The van der Waals surface area contributed by atoms with Gasteiger partial charge >= 0.3 is 6.18 Å². The Kier molecular flexibility index (Phi) is 5.93. The standard InChI is InChI=1S/C21H18F3N3O/c22-21(23,24)16-7-4-8-17(13-16)27-18-10-12-25-19(14-18)20(28)26-11-9-15-5-2-1-3-6-15/h1-8,10,12-14H,9,11H2,(H,25,27)(H,26,28). The zero-order valence-corrected chi connectivity index (χ0v) is 14.8. The van der Waals surface area contributed by atoms with Crippen molar-refractivity contribution in [3.05, 3.63) is 89.7 Å². The molecule has 0 bridgehead atoms. The number of aromatic nitrogens is 1. The number of hydrogen-bond donors (Lipinski definition) is 2. The van der Waals surface area contributed by atoms with Gasteiger partial charge in [-0.3, -0.25) is 9.78 Å². The third-order valence-electron chi connectivity index (χ3n) is 4.01. The average Bonchev–Trinajstić information content (AvgIpc) is 2.68. The molecule has 1 aromatic heterocycles. The lowest BCUT2D eigenvalue weighted by molar-refractivity contribution is -0.137. The van der Waals surface area contributed by atoms with E-state index in [0.717, 1.165) is 17.7 Å².